The third-order valence-corrected chi connectivity index (χ3v) is 3.82. The maximum atomic E-state index is 12.3. The number of aromatic nitrogens is 3. The smallest absolute Gasteiger partial charge is 0.260 e. The van der Waals surface area contributed by atoms with Crippen LogP contribution in [0, 0.1) is 13.8 Å². The Balaban J connectivity index is 1.87. The minimum Gasteiger partial charge on any atom is -0.340 e. The number of aryl methyl sites for hydroxylation is 2. The van der Waals surface area contributed by atoms with E-state index < -0.39 is 17.0 Å². The summed E-state index contributed by atoms with van der Waals surface area (Å²) in [6.07, 6.45) is 2.45. The normalized spacial score (nSPS) is 16.3. The van der Waals surface area contributed by atoms with E-state index in [1.54, 1.807) is 19.9 Å². The number of carbonyl (C=O) groups excluding carboxylic acids is 1. The molecular weight excluding hydrogens is 272 g/mol. The third-order valence-electron chi connectivity index (χ3n) is 3.82. The molecule has 0 aliphatic heterocycles. The fourth-order valence-corrected chi connectivity index (χ4v) is 2.46. The number of carbonyl (C=O) groups is 1. The van der Waals surface area contributed by atoms with Gasteiger partial charge < -0.3 is 14.8 Å². The summed E-state index contributed by atoms with van der Waals surface area (Å²) in [4.78, 5) is 31.0. The minimum absolute atomic E-state index is 0.0899. The summed E-state index contributed by atoms with van der Waals surface area (Å²) in [6, 6.07) is 3.22. The lowest BCUT2D eigenvalue weighted by atomic mass is 9.76. The van der Waals surface area contributed by atoms with E-state index in [1.807, 2.05) is 0 Å². The molecule has 0 atom stereocenters. The molecule has 0 unspecified atom stereocenters. The molecule has 3 rings (SSSR count). The maximum Gasteiger partial charge on any atom is 0.260 e. The van der Waals surface area contributed by atoms with Crippen LogP contribution < -0.4 is 10.9 Å². The van der Waals surface area contributed by atoms with Crippen molar-refractivity contribution >= 4 is 5.91 Å². The summed E-state index contributed by atoms with van der Waals surface area (Å²) in [5.74, 6) is 0.514. The van der Waals surface area contributed by atoms with Gasteiger partial charge in [0.15, 0.2) is 5.82 Å². The van der Waals surface area contributed by atoms with Gasteiger partial charge in [0, 0.05) is 12.6 Å². The standard InChI is InChI=1S/C14H16N4O3/c1-8-4-5-10(11(19)15-8)12(20)17-14(6-3-7-14)13-16-9(2)21-18-13/h4-5H,3,6-7H2,1-2H3,(H,15,19)(H,17,20). The molecule has 1 aliphatic rings. The molecule has 1 amide bonds. The molecule has 1 aliphatic carbocycles. The third kappa shape index (κ3) is 2.35. The first-order valence-corrected chi connectivity index (χ1v) is 6.83. The highest BCUT2D eigenvalue weighted by Crippen LogP contribution is 2.39. The van der Waals surface area contributed by atoms with E-state index in [4.69, 9.17) is 4.52 Å². The largest absolute Gasteiger partial charge is 0.340 e. The van der Waals surface area contributed by atoms with Crippen LogP contribution in [0.3, 0.4) is 0 Å². The Hall–Kier alpha value is -2.44. The predicted octanol–water partition coefficient (Wildman–Crippen LogP) is 1.18. The van der Waals surface area contributed by atoms with Crippen LogP contribution in [0.2, 0.25) is 0 Å². The van der Waals surface area contributed by atoms with Crippen molar-refractivity contribution in [3.63, 3.8) is 0 Å². The Bertz CT molecular complexity index is 743. The van der Waals surface area contributed by atoms with Gasteiger partial charge in [0.25, 0.3) is 11.5 Å². The quantitative estimate of drug-likeness (QED) is 0.883. The Morgan fingerprint density at radius 3 is 2.67 bits per heavy atom. The summed E-state index contributed by atoms with van der Waals surface area (Å²) < 4.78 is 4.99. The zero-order valence-corrected chi connectivity index (χ0v) is 11.9. The van der Waals surface area contributed by atoms with Gasteiger partial charge in [-0.2, -0.15) is 4.98 Å². The first kappa shape index (κ1) is 13.5. The molecule has 7 heteroatoms. The zero-order chi connectivity index (χ0) is 15.0. The Morgan fingerprint density at radius 2 is 2.14 bits per heavy atom. The average Bonchev–Trinajstić information content (AvgIpc) is 2.80. The number of nitrogens with one attached hydrogen (secondary N) is 2. The van der Waals surface area contributed by atoms with E-state index in [-0.39, 0.29) is 5.56 Å². The van der Waals surface area contributed by atoms with Gasteiger partial charge in [0.05, 0.1) is 0 Å². The number of amides is 1. The van der Waals surface area contributed by atoms with Crippen LogP contribution in [0.15, 0.2) is 21.5 Å². The lowest BCUT2D eigenvalue weighted by Gasteiger charge is -2.39. The minimum atomic E-state index is -0.619. The van der Waals surface area contributed by atoms with E-state index in [9.17, 15) is 9.59 Å². The second-order valence-corrected chi connectivity index (χ2v) is 5.41. The molecular formula is C14H16N4O3. The highest BCUT2D eigenvalue weighted by Gasteiger charge is 2.44. The molecule has 2 N–H and O–H groups in total. The Kier molecular flexibility index (Phi) is 3.12. The van der Waals surface area contributed by atoms with Gasteiger partial charge in [-0.05, 0) is 38.3 Å². The molecule has 110 valence electrons. The summed E-state index contributed by atoms with van der Waals surface area (Å²) in [5.41, 5.74) is -0.214. The van der Waals surface area contributed by atoms with Crippen molar-refractivity contribution in [3.8, 4) is 0 Å². The van der Waals surface area contributed by atoms with Crippen molar-refractivity contribution in [2.75, 3.05) is 0 Å². The van der Waals surface area contributed by atoms with Crippen LogP contribution in [-0.2, 0) is 5.54 Å². The van der Waals surface area contributed by atoms with Crippen molar-refractivity contribution in [2.24, 2.45) is 0 Å². The number of nitrogens with zero attached hydrogens (tertiary/aromatic N) is 2. The molecule has 0 radical (unpaired) electrons. The molecule has 1 saturated carbocycles. The number of rotatable bonds is 3. The molecule has 2 aromatic heterocycles. The second-order valence-electron chi connectivity index (χ2n) is 5.41. The van der Waals surface area contributed by atoms with Crippen LogP contribution in [0.25, 0.3) is 0 Å². The monoisotopic (exact) mass is 288 g/mol. The van der Waals surface area contributed by atoms with Crippen molar-refractivity contribution < 1.29 is 9.32 Å². The van der Waals surface area contributed by atoms with Crippen molar-refractivity contribution in [2.45, 2.75) is 38.6 Å². The topological polar surface area (TPSA) is 101 Å². The van der Waals surface area contributed by atoms with Gasteiger partial charge in [-0.3, -0.25) is 9.59 Å². The lowest BCUT2D eigenvalue weighted by Crippen LogP contribution is -2.52. The van der Waals surface area contributed by atoms with Gasteiger partial charge in [0.1, 0.15) is 11.1 Å². The SMILES string of the molecule is Cc1ccc(C(=O)NC2(c3noc(C)n3)CCC2)c(=O)[nH]1. The average molecular weight is 288 g/mol. The Labute approximate surface area is 120 Å². The second kappa shape index (κ2) is 4.83. The predicted molar refractivity (Wildman–Crippen MR) is 73.8 cm³/mol. The fourth-order valence-electron chi connectivity index (χ4n) is 2.46. The first-order valence-electron chi connectivity index (χ1n) is 6.83. The number of hydrogen-bond acceptors (Lipinski definition) is 5. The maximum absolute atomic E-state index is 12.3. The molecule has 1 fully saturated rings. The number of hydrogen-bond donors (Lipinski definition) is 2. The Morgan fingerprint density at radius 1 is 1.38 bits per heavy atom. The zero-order valence-electron chi connectivity index (χ0n) is 11.9. The van der Waals surface area contributed by atoms with Gasteiger partial charge >= 0.3 is 0 Å². The van der Waals surface area contributed by atoms with Crippen molar-refractivity contribution in [3.05, 3.63) is 45.5 Å². The van der Waals surface area contributed by atoms with Gasteiger partial charge in [-0.1, -0.05) is 5.16 Å². The van der Waals surface area contributed by atoms with Crippen molar-refractivity contribution in [1.29, 1.82) is 0 Å². The summed E-state index contributed by atoms with van der Waals surface area (Å²) >= 11 is 0. The van der Waals surface area contributed by atoms with E-state index >= 15 is 0 Å². The van der Waals surface area contributed by atoms with Crippen molar-refractivity contribution in [1.82, 2.24) is 20.4 Å². The number of H-pyrrole nitrogens is 1. The summed E-state index contributed by atoms with van der Waals surface area (Å²) in [6.45, 7) is 3.47. The lowest BCUT2D eigenvalue weighted by molar-refractivity contribution is 0.0803. The molecule has 0 aromatic carbocycles. The molecule has 21 heavy (non-hydrogen) atoms. The molecule has 0 saturated heterocycles. The number of aromatic amines is 1. The van der Waals surface area contributed by atoms with Crippen LogP contribution in [0.1, 0.15) is 47.0 Å². The summed E-state index contributed by atoms with van der Waals surface area (Å²) in [7, 11) is 0. The van der Waals surface area contributed by atoms with Crippen LogP contribution in [0.4, 0.5) is 0 Å². The van der Waals surface area contributed by atoms with Crippen LogP contribution >= 0.6 is 0 Å². The van der Waals surface area contributed by atoms with E-state index in [0.29, 0.717) is 17.4 Å². The summed E-state index contributed by atoms with van der Waals surface area (Å²) in [5, 5.41) is 6.80. The molecule has 0 spiro atoms. The molecule has 2 aromatic rings. The van der Waals surface area contributed by atoms with Crippen LogP contribution in [-0.4, -0.2) is 21.0 Å². The highest BCUT2D eigenvalue weighted by molar-refractivity contribution is 5.94. The molecule has 7 nitrogen and oxygen atoms in total. The van der Waals surface area contributed by atoms with Gasteiger partial charge in [0.2, 0.25) is 5.89 Å². The molecule has 2 heterocycles. The van der Waals surface area contributed by atoms with Gasteiger partial charge in [-0.25, -0.2) is 0 Å². The fraction of sp³-hybridized carbons (Fsp3) is 0.429. The van der Waals surface area contributed by atoms with E-state index in [0.717, 1.165) is 19.3 Å². The van der Waals surface area contributed by atoms with Crippen LogP contribution in [0.5, 0.6) is 0 Å². The van der Waals surface area contributed by atoms with Gasteiger partial charge in [-0.15, -0.1) is 0 Å². The molecule has 0 bridgehead atoms. The van der Waals surface area contributed by atoms with E-state index in [1.165, 1.54) is 6.07 Å². The first-order chi connectivity index (χ1) is 10.00. The van der Waals surface area contributed by atoms with E-state index in [2.05, 4.69) is 20.4 Å². The number of pyridine rings is 1. The highest BCUT2D eigenvalue weighted by atomic mass is 16.5.